The van der Waals surface area contributed by atoms with Gasteiger partial charge in [0.2, 0.25) is 0 Å². The van der Waals surface area contributed by atoms with E-state index in [1.54, 1.807) is 5.56 Å². The summed E-state index contributed by atoms with van der Waals surface area (Å²) in [5, 5.41) is 4.11. The zero-order chi connectivity index (χ0) is 18.1. The van der Waals surface area contributed by atoms with Crippen LogP contribution in [0.2, 0.25) is 0 Å². The Morgan fingerprint density at radius 2 is 1.67 bits per heavy atom. The van der Waals surface area contributed by atoms with Crippen molar-refractivity contribution in [2.24, 2.45) is 0 Å². The van der Waals surface area contributed by atoms with Crippen molar-refractivity contribution in [1.29, 1.82) is 0 Å². The maximum absolute atomic E-state index is 2.99. The molecule has 2 aliphatic rings. The molecule has 3 aromatic carbocycles. The molecular formula is C26H23F2HfN. The number of hydrogen-bond donors (Lipinski definition) is 0. The van der Waals surface area contributed by atoms with Gasteiger partial charge in [-0.05, 0) is 43.0 Å². The van der Waals surface area contributed by atoms with Gasteiger partial charge in [-0.25, -0.2) is 12.2 Å². The zero-order valence-corrected chi connectivity index (χ0v) is 20.3. The molecule has 0 atom stereocenters. The summed E-state index contributed by atoms with van der Waals surface area (Å²) in [5.41, 5.74) is 5.79. The first kappa shape index (κ1) is 24.1. The van der Waals surface area contributed by atoms with Gasteiger partial charge in [-0.3, -0.25) is 6.08 Å². The van der Waals surface area contributed by atoms with Crippen molar-refractivity contribution < 1.29 is 35.3 Å². The molecular weight excluding hydrogens is 543 g/mol. The molecule has 1 heterocycles. The standard InChI is InChI=1S/C21H18N.C5H5.2FH.Hf/c1-2-8-16-14-17(13-15(16)7-1)22-20-11-5-3-9-18(20)19-10-4-6-12-21(19)22;1-2-4-5-3-1;;;/h1-3,5,7-9,11,13-14H,4,6,10,12H2;1-3H,4H2;2*1H;/q2*-1;;;+4/p-2. The van der Waals surface area contributed by atoms with Crippen molar-refractivity contribution in [1.82, 2.24) is 4.57 Å². The average Bonchev–Trinajstić information content (AvgIpc) is 3.46. The van der Waals surface area contributed by atoms with Crippen LogP contribution in [0.4, 0.5) is 0 Å². The largest absolute Gasteiger partial charge is 4.00 e. The Bertz CT molecular complexity index is 1120. The van der Waals surface area contributed by atoms with E-state index in [1.807, 2.05) is 12.2 Å². The van der Waals surface area contributed by atoms with Crippen LogP contribution in [-0.2, 0) is 38.7 Å². The van der Waals surface area contributed by atoms with Crippen LogP contribution in [0.15, 0.2) is 78.9 Å². The summed E-state index contributed by atoms with van der Waals surface area (Å²) in [6.45, 7) is 0. The maximum atomic E-state index is 2.99. The molecule has 0 unspecified atom stereocenters. The third-order valence-corrected chi connectivity index (χ3v) is 5.63. The second-order valence-electron chi connectivity index (χ2n) is 7.33. The summed E-state index contributed by atoms with van der Waals surface area (Å²) in [5.74, 6) is 0. The van der Waals surface area contributed by atoms with Crippen LogP contribution in [-0.4, -0.2) is 4.57 Å². The molecule has 4 aromatic rings. The number of nitrogens with zero attached hydrogens (tertiary/aromatic N) is 1. The zero-order valence-electron chi connectivity index (χ0n) is 16.7. The van der Waals surface area contributed by atoms with Crippen molar-refractivity contribution in [2.45, 2.75) is 32.1 Å². The Morgan fingerprint density at radius 3 is 2.40 bits per heavy atom. The third-order valence-electron chi connectivity index (χ3n) is 5.63. The van der Waals surface area contributed by atoms with Crippen LogP contribution < -0.4 is 9.41 Å². The molecule has 0 amide bonds. The summed E-state index contributed by atoms with van der Waals surface area (Å²) in [7, 11) is 0. The van der Waals surface area contributed by atoms with E-state index in [2.05, 4.69) is 77.4 Å². The van der Waals surface area contributed by atoms with Crippen LogP contribution in [0.3, 0.4) is 0 Å². The number of aryl methyl sites for hydroxylation is 1. The number of halogens is 2. The molecule has 1 aromatic heterocycles. The average molecular weight is 566 g/mol. The van der Waals surface area contributed by atoms with Gasteiger partial charge in [-0.15, -0.1) is 47.5 Å². The predicted octanol–water partition coefficient (Wildman–Crippen LogP) is 0.693. The molecule has 0 spiro atoms. The first-order valence-corrected chi connectivity index (χ1v) is 9.90. The fraction of sp³-hybridized carbons (Fsp3) is 0.192. The fourth-order valence-electron chi connectivity index (χ4n) is 4.39. The van der Waals surface area contributed by atoms with Crippen molar-refractivity contribution in [2.75, 3.05) is 0 Å². The normalized spacial score (nSPS) is 13.6. The molecule has 0 saturated carbocycles. The minimum absolute atomic E-state index is 0. The van der Waals surface area contributed by atoms with E-state index < -0.39 is 0 Å². The Hall–Kier alpha value is -2.20. The molecule has 150 valence electrons. The summed E-state index contributed by atoms with van der Waals surface area (Å²) >= 11 is 0. The SMILES string of the molecule is [C-]1=CC=CC1.[F-].[F-].[Hf+4].c1ccc2[cH-]c(-n3c4c(c5ccccc53)CCCC4)cc2c1. The Balaban J connectivity index is 0.000000356. The van der Waals surface area contributed by atoms with E-state index in [-0.39, 0.29) is 35.3 Å². The topological polar surface area (TPSA) is 4.93 Å². The van der Waals surface area contributed by atoms with Crippen molar-refractivity contribution in [3.8, 4) is 5.69 Å². The van der Waals surface area contributed by atoms with Gasteiger partial charge in [-0.1, -0.05) is 24.3 Å². The molecule has 1 nitrogen and oxygen atoms in total. The number of aromatic nitrogens is 1. The van der Waals surface area contributed by atoms with Gasteiger partial charge in [-0.2, -0.15) is 6.08 Å². The molecule has 6 rings (SSSR count). The quantitative estimate of drug-likeness (QED) is 0.237. The van der Waals surface area contributed by atoms with Gasteiger partial charge in [0.25, 0.3) is 0 Å². The predicted molar refractivity (Wildman–Crippen MR) is 115 cm³/mol. The van der Waals surface area contributed by atoms with Gasteiger partial charge in [0.1, 0.15) is 0 Å². The van der Waals surface area contributed by atoms with E-state index in [0.29, 0.717) is 0 Å². The van der Waals surface area contributed by atoms with Gasteiger partial charge in [0.15, 0.2) is 0 Å². The van der Waals surface area contributed by atoms with Crippen LogP contribution in [0.5, 0.6) is 0 Å². The Kier molecular flexibility index (Phi) is 8.60. The van der Waals surface area contributed by atoms with Crippen LogP contribution in [0.1, 0.15) is 30.5 Å². The molecule has 0 saturated heterocycles. The number of rotatable bonds is 1. The van der Waals surface area contributed by atoms with Crippen LogP contribution in [0, 0.1) is 6.08 Å². The van der Waals surface area contributed by atoms with E-state index >= 15 is 0 Å². The second-order valence-corrected chi connectivity index (χ2v) is 7.33. The van der Waals surface area contributed by atoms with E-state index in [4.69, 9.17) is 0 Å². The second kappa shape index (κ2) is 10.7. The van der Waals surface area contributed by atoms with Crippen molar-refractivity contribution in [3.63, 3.8) is 0 Å². The number of para-hydroxylation sites is 1. The monoisotopic (exact) mass is 567 g/mol. The minimum Gasteiger partial charge on any atom is -1.00 e. The van der Waals surface area contributed by atoms with Gasteiger partial charge >= 0.3 is 25.8 Å². The molecule has 4 heteroatoms. The van der Waals surface area contributed by atoms with Gasteiger partial charge in [0.05, 0.1) is 5.52 Å². The molecule has 0 N–H and O–H groups in total. The first-order chi connectivity index (χ1) is 13.4. The third kappa shape index (κ3) is 4.44. The fourth-order valence-corrected chi connectivity index (χ4v) is 4.39. The van der Waals surface area contributed by atoms with E-state index in [9.17, 15) is 0 Å². The molecule has 0 aliphatic heterocycles. The van der Waals surface area contributed by atoms with Gasteiger partial charge in [0, 0.05) is 11.1 Å². The van der Waals surface area contributed by atoms with E-state index in [0.717, 1.165) is 6.42 Å². The molecule has 0 bridgehead atoms. The summed E-state index contributed by atoms with van der Waals surface area (Å²) < 4.78 is 2.50. The minimum atomic E-state index is 0. The molecule has 0 radical (unpaired) electrons. The Labute approximate surface area is 195 Å². The summed E-state index contributed by atoms with van der Waals surface area (Å²) in [6.07, 6.45) is 15.1. The molecule has 2 aliphatic carbocycles. The number of benzene rings is 2. The van der Waals surface area contributed by atoms with E-state index in [1.165, 1.54) is 58.7 Å². The molecule has 30 heavy (non-hydrogen) atoms. The smallest absolute Gasteiger partial charge is 1.00 e. The first-order valence-electron chi connectivity index (χ1n) is 9.90. The Morgan fingerprint density at radius 1 is 0.900 bits per heavy atom. The molecule has 0 fully saturated rings. The van der Waals surface area contributed by atoms with Crippen LogP contribution in [0.25, 0.3) is 27.4 Å². The van der Waals surface area contributed by atoms with Crippen molar-refractivity contribution in [3.05, 3.63) is 96.2 Å². The number of allylic oxidation sites excluding steroid dienone is 4. The maximum Gasteiger partial charge on any atom is 4.00 e. The summed E-state index contributed by atoms with van der Waals surface area (Å²) in [6, 6.07) is 22.2. The van der Waals surface area contributed by atoms with Gasteiger partial charge < -0.3 is 14.0 Å². The number of fused-ring (bicyclic) bond motifs is 4. The van der Waals surface area contributed by atoms with Crippen LogP contribution >= 0.6 is 0 Å². The van der Waals surface area contributed by atoms with Crippen molar-refractivity contribution >= 4 is 21.7 Å². The summed E-state index contributed by atoms with van der Waals surface area (Å²) in [4.78, 5) is 0. The number of hydrogen-bond acceptors (Lipinski definition) is 0.